The van der Waals surface area contributed by atoms with E-state index < -0.39 is 0 Å². The van der Waals surface area contributed by atoms with E-state index in [1.807, 2.05) is 18.2 Å². The Morgan fingerprint density at radius 3 is 2.70 bits per heavy atom. The number of aryl methyl sites for hydroxylation is 1. The first-order valence-electron chi connectivity index (χ1n) is 10.9. The zero-order chi connectivity index (χ0) is 20.6. The molecule has 2 fully saturated rings. The predicted molar refractivity (Wildman–Crippen MR) is 118 cm³/mol. The van der Waals surface area contributed by atoms with E-state index >= 15 is 0 Å². The number of anilines is 1. The zero-order valence-electron chi connectivity index (χ0n) is 17.8. The number of benzene rings is 1. The molecule has 2 aliphatic rings. The summed E-state index contributed by atoms with van der Waals surface area (Å²) in [5.41, 5.74) is 3.43. The van der Waals surface area contributed by atoms with Crippen LogP contribution in [0.15, 0.2) is 46.6 Å². The van der Waals surface area contributed by atoms with Crippen LogP contribution in [0, 0.1) is 6.92 Å². The minimum Gasteiger partial charge on any atom is -0.476 e. The fourth-order valence-electron chi connectivity index (χ4n) is 3.89. The number of likely N-dealkylation sites (tertiary alicyclic amines) is 1. The predicted octanol–water partition coefficient (Wildman–Crippen LogP) is 3.99. The van der Waals surface area contributed by atoms with Crippen LogP contribution in [0.1, 0.15) is 24.0 Å². The number of rotatable bonds is 8. The van der Waals surface area contributed by atoms with Gasteiger partial charge in [-0.3, -0.25) is 4.90 Å². The molecule has 30 heavy (non-hydrogen) atoms. The summed E-state index contributed by atoms with van der Waals surface area (Å²) in [5.74, 6) is 1.20. The maximum Gasteiger partial charge on any atom is 0.217 e. The molecule has 0 radical (unpaired) electrons. The second-order valence-electron chi connectivity index (χ2n) is 7.91. The summed E-state index contributed by atoms with van der Waals surface area (Å²) < 4.78 is 11.5. The van der Waals surface area contributed by atoms with Gasteiger partial charge in [0.25, 0.3) is 0 Å². The molecule has 4 rings (SSSR count). The average Bonchev–Trinajstić information content (AvgIpc) is 3.28. The van der Waals surface area contributed by atoms with Crippen LogP contribution in [-0.2, 0) is 11.3 Å². The van der Waals surface area contributed by atoms with Crippen molar-refractivity contribution in [2.24, 2.45) is 10.2 Å². The van der Waals surface area contributed by atoms with Gasteiger partial charge in [0.15, 0.2) is 5.82 Å². The van der Waals surface area contributed by atoms with E-state index in [0.29, 0.717) is 24.8 Å². The van der Waals surface area contributed by atoms with Crippen LogP contribution >= 0.6 is 0 Å². The summed E-state index contributed by atoms with van der Waals surface area (Å²) in [5, 5.41) is 8.78. The van der Waals surface area contributed by atoms with Crippen molar-refractivity contribution < 1.29 is 9.47 Å². The lowest BCUT2D eigenvalue weighted by Gasteiger charge is -2.29. The Kier molecular flexibility index (Phi) is 7.26. The van der Waals surface area contributed by atoms with E-state index in [9.17, 15) is 0 Å². The molecule has 0 bridgehead atoms. The molecule has 1 aromatic heterocycles. The molecule has 0 saturated carbocycles. The Bertz CT molecular complexity index is 845. The minimum absolute atomic E-state index is 0.538. The average molecular weight is 410 g/mol. The number of aromatic nitrogens is 1. The maximum atomic E-state index is 6.01. The number of nitrogens with zero attached hydrogens (tertiary/aromatic N) is 5. The highest BCUT2D eigenvalue weighted by atomic mass is 16.5. The highest BCUT2D eigenvalue weighted by molar-refractivity contribution is 5.55. The van der Waals surface area contributed by atoms with Gasteiger partial charge in [-0.05, 0) is 38.4 Å². The molecule has 7 nitrogen and oxygen atoms in total. The number of azo groups is 1. The summed E-state index contributed by atoms with van der Waals surface area (Å²) in [7, 11) is 0. The van der Waals surface area contributed by atoms with Crippen molar-refractivity contribution in [2.45, 2.75) is 26.3 Å². The van der Waals surface area contributed by atoms with Crippen molar-refractivity contribution in [1.29, 1.82) is 0 Å². The molecule has 0 unspecified atom stereocenters. The Morgan fingerprint density at radius 2 is 1.90 bits per heavy atom. The number of pyridine rings is 1. The van der Waals surface area contributed by atoms with E-state index in [2.05, 4.69) is 50.1 Å². The minimum atomic E-state index is 0.538. The third-order valence-electron chi connectivity index (χ3n) is 5.51. The van der Waals surface area contributed by atoms with Crippen molar-refractivity contribution in [2.75, 3.05) is 57.4 Å². The van der Waals surface area contributed by atoms with Gasteiger partial charge in [0.05, 0.1) is 19.8 Å². The van der Waals surface area contributed by atoms with Gasteiger partial charge in [-0.1, -0.05) is 29.8 Å². The first-order valence-corrected chi connectivity index (χ1v) is 10.9. The first-order chi connectivity index (χ1) is 14.8. The Labute approximate surface area is 178 Å². The normalized spacial score (nSPS) is 17.7. The maximum absolute atomic E-state index is 6.01. The van der Waals surface area contributed by atoms with Crippen LogP contribution < -0.4 is 9.64 Å². The molecule has 3 heterocycles. The molecule has 0 spiro atoms. The van der Waals surface area contributed by atoms with Gasteiger partial charge in [-0.25, -0.2) is 0 Å². The van der Waals surface area contributed by atoms with Crippen molar-refractivity contribution in [3.05, 3.63) is 47.5 Å². The van der Waals surface area contributed by atoms with Gasteiger partial charge in [0, 0.05) is 37.5 Å². The van der Waals surface area contributed by atoms with Crippen LogP contribution in [0.3, 0.4) is 0 Å². The van der Waals surface area contributed by atoms with Gasteiger partial charge < -0.3 is 14.4 Å². The van der Waals surface area contributed by atoms with Gasteiger partial charge >= 0.3 is 0 Å². The molecular weight excluding hydrogens is 378 g/mol. The number of hydrogen-bond acceptors (Lipinski definition) is 7. The van der Waals surface area contributed by atoms with Crippen molar-refractivity contribution in [1.82, 2.24) is 9.88 Å². The van der Waals surface area contributed by atoms with Gasteiger partial charge in [0.2, 0.25) is 5.88 Å². The first kappa shape index (κ1) is 20.8. The van der Waals surface area contributed by atoms with Gasteiger partial charge in [-0.15, -0.1) is 5.11 Å². The van der Waals surface area contributed by atoms with Crippen LogP contribution in [-0.4, -0.2) is 62.4 Å². The number of hydrogen-bond donors (Lipinski definition) is 0. The molecule has 0 N–H and O–H groups in total. The van der Waals surface area contributed by atoms with E-state index in [-0.39, 0.29) is 0 Å². The molecule has 2 saturated heterocycles. The molecule has 2 aromatic rings. The summed E-state index contributed by atoms with van der Waals surface area (Å²) in [6, 6.07) is 12.3. The van der Waals surface area contributed by atoms with Gasteiger partial charge in [-0.2, -0.15) is 10.1 Å². The molecule has 1 aromatic carbocycles. The lowest BCUT2D eigenvalue weighted by Crippen LogP contribution is -2.36. The standard InChI is InChI=1S/C23H31N5O2/c1-19-5-4-6-20(15-19)18-24-26-22-16-21(28-10-12-29-13-11-28)17-23(25-22)30-14-9-27-7-2-3-8-27/h4-6,15-17H,2-3,7-14,18H2,1H3. The van der Waals surface area contributed by atoms with Crippen molar-refractivity contribution in [3.63, 3.8) is 0 Å². The largest absolute Gasteiger partial charge is 0.476 e. The fraction of sp³-hybridized carbons (Fsp3) is 0.522. The Balaban J connectivity index is 1.45. The molecule has 0 atom stereocenters. The smallest absolute Gasteiger partial charge is 0.217 e. The van der Waals surface area contributed by atoms with Crippen molar-refractivity contribution in [3.8, 4) is 5.88 Å². The summed E-state index contributed by atoms with van der Waals surface area (Å²) in [6.45, 7) is 9.72. The van der Waals surface area contributed by atoms with E-state index in [4.69, 9.17) is 9.47 Å². The highest BCUT2D eigenvalue weighted by Gasteiger charge is 2.15. The summed E-state index contributed by atoms with van der Waals surface area (Å²) in [4.78, 5) is 9.31. The lowest BCUT2D eigenvalue weighted by molar-refractivity contribution is 0.122. The third-order valence-corrected chi connectivity index (χ3v) is 5.51. The molecule has 2 aliphatic heterocycles. The topological polar surface area (TPSA) is 62.6 Å². The molecule has 0 amide bonds. The van der Waals surface area contributed by atoms with Gasteiger partial charge in [0.1, 0.15) is 6.61 Å². The number of morpholine rings is 1. The lowest BCUT2D eigenvalue weighted by atomic mass is 10.1. The van der Waals surface area contributed by atoms with Crippen molar-refractivity contribution >= 4 is 11.5 Å². The summed E-state index contributed by atoms with van der Waals surface area (Å²) in [6.07, 6.45) is 2.58. The van der Waals surface area contributed by atoms with E-state index in [0.717, 1.165) is 44.1 Å². The fourth-order valence-corrected chi connectivity index (χ4v) is 3.89. The second kappa shape index (κ2) is 10.5. The number of ether oxygens (including phenoxy) is 2. The quantitative estimate of drug-likeness (QED) is 0.617. The van der Waals surface area contributed by atoms with E-state index in [1.54, 1.807) is 0 Å². The molecule has 160 valence electrons. The molecule has 7 heteroatoms. The highest BCUT2D eigenvalue weighted by Crippen LogP contribution is 2.26. The molecular formula is C23H31N5O2. The zero-order valence-corrected chi connectivity index (χ0v) is 17.8. The van der Waals surface area contributed by atoms with E-state index in [1.165, 1.54) is 31.5 Å². The summed E-state index contributed by atoms with van der Waals surface area (Å²) >= 11 is 0. The van der Waals surface area contributed by atoms with Crippen LogP contribution in [0.4, 0.5) is 11.5 Å². The van der Waals surface area contributed by atoms with Crippen LogP contribution in [0.5, 0.6) is 5.88 Å². The Morgan fingerprint density at radius 1 is 1.07 bits per heavy atom. The van der Waals surface area contributed by atoms with Crippen LogP contribution in [0.2, 0.25) is 0 Å². The second-order valence-corrected chi connectivity index (χ2v) is 7.91. The Hall–Kier alpha value is -2.51. The third kappa shape index (κ3) is 6.00. The SMILES string of the molecule is Cc1cccc(CN=Nc2cc(N3CCOCC3)cc(OCCN3CCCC3)n2)c1. The van der Waals surface area contributed by atoms with Crippen LogP contribution in [0.25, 0.3) is 0 Å². The molecule has 0 aliphatic carbocycles. The monoisotopic (exact) mass is 409 g/mol.